The van der Waals surface area contributed by atoms with Gasteiger partial charge in [0.1, 0.15) is 0 Å². The van der Waals surface area contributed by atoms with Gasteiger partial charge in [0.25, 0.3) is 0 Å². The van der Waals surface area contributed by atoms with E-state index in [1.807, 2.05) is 18.2 Å². The molecule has 0 amide bonds. The predicted octanol–water partition coefficient (Wildman–Crippen LogP) is -0.0574. The third-order valence-electron chi connectivity index (χ3n) is 1.82. The summed E-state index contributed by atoms with van der Waals surface area (Å²) in [6.45, 7) is 0. The fourth-order valence-electron chi connectivity index (χ4n) is 1.15. The quantitative estimate of drug-likeness (QED) is 0.208. The van der Waals surface area contributed by atoms with Crippen LogP contribution in [-0.4, -0.2) is 28.8 Å². The molecule has 0 atom stereocenters. The van der Waals surface area contributed by atoms with E-state index < -0.39 is 0 Å². The lowest BCUT2D eigenvalue weighted by molar-refractivity contribution is 0.319. The lowest BCUT2D eigenvalue weighted by atomic mass is 10.1. The van der Waals surface area contributed by atoms with Gasteiger partial charge in [0.15, 0.2) is 11.5 Å². The van der Waals surface area contributed by atoms with Crippen molar-refractivity contribution in [3.8, 4) is 0 Å². The molecule has 0 unspecified atom stereocenters. The Hall–Kier alpha value is -2.08. The topological polar surface area (TPSA) is 100 Å². The van der Waals surface area contributed by atoms with Gasteiger partial charge in [0.05, 0.1) is 0 Å². The molecule has 0 saturated carbocycles. The van der Waals surface area contributed by atoms with Gasteiger partial charge in [-0.1, -0.05) is 35.5 Å². The van der Waals surface area contributed by atoms with E-state index in [1.165, 1.54) is 5.01 Å². The second kappa shape index (κ2) is 4.97. The number of hydrazine groups is 1. The SMILES string of the molecule is CN(N)C(=N\N)/C(=N\O)c1ccccc1. The van der Waals surface area contributed by atoms with Crippen molar-refractivity contribution < 1.29 is 5.21 Å². The van der Waals surface area contributed by atoms with Crippen LogP contribution in [0.1, 0.15) is 5.56 Å². The molecule has 0 spiro atoms. The normalized spacial score (nSPS) is 12.7. The van der Waals surface area contributed by atoms with E-state index in [2.05, 4.69) is 10.3 Å². The van der Waals surface area contributed by atoms with Crippen molar-refractivity contribution in [3.63, 3.8) is 0 Å². The number of nitrogens with zero attached hydrogens (tertiary/aromatic N) is 3. The van der Waals surface area contributed by atoms with E-state index in [0.29, 0.717) is 5.56 Å². The largest absolute Gasteiger partial charge is 0.410 e. The Bertz CT molecular complexity index is 371. The van der Waals surface area contributed by atoms with Crippen molar-refractivity contribution in [1.82, 2.24) is 5.01 Å². The lowest BCUT2D eigenvalue weighted by Crippen LogP contribution is -2.40. The fraction of sp³-hybridized carbons (Fsp3) is 0.111. The maximum absolute atomic E-state index is 8.90. The molecule has 1 aromatic rings. The minimum atomic E-state index is 0.198. The van der Waals surface area contributed by atoms with Crippen LogP contribution in [0.15, 0.2) is 40.6 Å². The second-order valence-corrected chi connectivity index (χ2v) is 2.88. The van der Waals surface area contributed by atoms with E-state index in [-0.39, 0.29) is 11.5 Å². The average molecular weight is 207 g/mol. The highest BCUT2D eigenvalue weighted by molar-refractivity contribution is 6.47. The fourth-order valence-corrected chi connectivity index (χ4v) is 1.15. The molecule has 80 valence electrons. The summed E-state index contributed by atoms with van der Waals surface area (Å²) in [6, 6.07) is 9.01. The van der Waals surface area contributed by atoms with Gasteiger partial charge < -0.3 is 11.0 Å². The molecular formula is C9H13N5O. The zero-order valence-corrected chi connectivity index (χ0v) is 8.33. The molecule has 0 heterocycles. The number of hydrazone groups is 1. The average Bonchev–Trinajstić information content (AvgIpc) is 2.26. The van der Waals surface area contributed by atoms with Crippen molar-refractivity contribution in [3.05, 3.63) is 35.9 Å². The maximum Gasteiger partial charge on any atom is 0.191 e. The van der Waals surface area contributed by atoms with Gasteiger partial charge in [0, 0.05) is 12.6 Å². The lowest BCUT2D eigenvalue weighted by Gasteiger charge is -2.14. The highest BCUT2D eigenvalue weighted by Crippen LogP contribution is 2.03. The zero-order valence-electron chi connectivity index (χ0n) is 8.33. The number of oxime groups is 1. The summed E-state index contributed by atoms with van der Waals surface area (Å²) in [6.07, 6.45) is 0. The van der Waals surface area contributed by atoms with Gasteiger partial charge in [-0.2, -0.15) is 5.10 Å². The smallest absolute Gasteiger partial charge is 0.191 e. The van der Waals surface area contributed by atoms with Crippen molar-refractivity contribution in [2.24, 2.45) is 21.9 Å². The Morgan fingerprint density at radius 2 is 1.93 bits per heavy atom. The van der Waals surface area contributed by atoms with Gasteiger partial charge in [-0.05, 0) is 0 Å². The number of hydrogen-bond donors (Lipinski definition) is 3. The van der Waals surface area contributed by atoms with Crippen LogP contribution in [0.2, 0.25) is 0 Å². The molecule has 5 N–H and O–H groups in total. The summed E-state index contributed by atoms with van der Waals surface area (Å²) in [7, 11) is 1.56. The Kier molecular flexibility index (Phi) is 3.64. The first kappa shape index (κ1) is 11.0. The Morgan fingerprint density at radius 1 is 1.33 bits per heavy atom. The molecule has 0 fully saturated rings. The standard InChI is InChI=1S/C9H13N5O/c1-14(11)9(12-10)8(13-15)7-5-3-2-4-6-7/h2-6,15H,10-11H2,1H3/b12-9-,13-8-. The first-order valence-electron chi connectivity index (χ1n) is 4.25. The number of hydrogen-bond acceptors (Lipinski definition) is 5. The Balaban J connectivity index is 3.11. The summed E-state index contributed by atoms with van der Waals surface area (Å²) in [5.74, 6) is 10.9. The molecule has 0 bridgehead atoms. The minimum absolute atomic E-state index is 0.198. The summed E-state index contributed by atoms with van der Waals surface area (Å²) in [5, 5.41) is 16.7. The number of likely N-dealkylation sites (N-methyl/N-ethyl adjacent to an activating group) is 1. The van der Waals surface area contributed by atoms with Crippen LogP contribution in [0.4, 0.5) is 0 Å². The van der Waals surface area contributed by atoms with Gasteiger partial charge >= 0.3 is 0 Å². The third-order valence-corrected chi connectivity index (χ3v) is 1.82. The van der Waals surface area contributed by atoms with Gasteiger partial charge in [-0.3, -0.25) is 5.01 Å². The predicted molar refractivity (Wildman–Crippen MR) is 58.3 cm³/mol. The Labute approximate surface area is 87.4 Å². The molecule has 6 heteroatoms. The highest BCUT2D eigenvalue weighted by Gasteiger charge is 2.14. The van der Waals surface area contributed by atoms with Crippen LogP contribution in [0, 0.1) is 0 Å². The van der Waals surface area contributed by atoms with Crippen LogP contribution < -0.4 is 11.7 Å². The monoisotopic (exact) mass is 207 g/mol. The number of nitrogens with two attached hydrogens (primary N) is 2. The van der Waals surface area contributed by atoms with Crippen molar-refractivity contribution in [2.45, 2.75) is 0 Å². The Morgan fingerprint density at radius 3 is 2.33 bits per heavy atom. The molecule has 0 saturated heterocycles. The van der Waals surface area contributed by atoms with E-state index in [9.17, 15) is 0 Å². The number of rotatable bonds is 2. The van der Waals surface area contributed by atoms with Crippen molar-refractivity contribution in [1.29, 1.82) is 0 Å². The second-order valence-electron chi connectivity index (χ2n) is 2.88. The van der Waals surface area contributed by atoms with E-state index in [1.54, 1.807) is 19.2 Å². The molecule has 1 aromatic carbocycles. The third kappa shape index (κ3) is 2.44. The molecular weight excluding hydrogens is 194 g/mol. The van der Waals surface area contributed by atoms with Crippen molar-refractivity contribution >= 4 is 11.5 Å². The molecule has 0 aromatic heterocycles. The van der Waals surface area contributed by atoms with E-state index >= 15 is 0 Å². The molecule has 15 heavy (non-hydrogen) atoms. The summed E-state index contributed by atoms with van der Waals surface area (Å²) in [4.78, 5) is 0. The summed E-state index contributed by atoms with van der Waals surface area (Å²) < 4.78 is 0. The van der Waals surface area contributed by atoms with Gasteiger partial charge in [-0.25, -0.2) is 5.84 Å². The van der Waals surface area contributed by atoms with Crippen molar-refractivity contribution in [2.75, 3.05) is 7.05 Å². The summed E-state index contributed by atoms with van der Waals surface area (Å²) in [5.41, 5.74) is 0.907. The molecule has 1 rings (SSSR count). The molecule has 6 nitrogen and oxygen atoms in total. The molecule has 0 radical (unpaired) electrons. The van der Waals surface area contributed by atoms with Gasteiger partial charge in [-0.15, -0.1) is 0 Å². The highest BCUT2D eigenvalue weighted by atomic mass is 16.4. The van der Waals surface area contributed by atoms with Crippen LogP contribution in [0.5, 0.6) is 0 Å². The number of benzene rings is 1. The number of amidine groups is 1. The van der Waals surface area contributed by atoms with Crippen LogP contribution in [-0.2, 0) is 0 Å². The van der Waals surface area contributed by atoms with E-state index in [4.69, 9.17) is 16.9 Å². The van der Waals surface area contributed by atoms with Crippen LogP contribution >= 0.6 is 0 Å². The zero-order chi connectivity index (χ0) is 11.3. The minimum Gasteiger partial charge on any atom is -0.410 e. The molecule has 0 aliphatic heterocycles. The first-order chi connectivity index (χ1) is 7.20. The maximum atomic E-state index is 8.90. The van der Waals surface area contributed by atoms with Crippen LogP contribution in [0.3, 0.4) is 0 Å². The first-order valence-corrected chi connectivity index (χ1v) is 4.25. The summed E-state index contributed by atoms with van der Waals surface area (Å²) >= 11 is 0. The molecule has 0 aliphatic carbocycles. The van der Waals surface area contributed by atoms with Gasteiger partial charge in [0.2, 0.25) is 0 Å². The van der Waals surface area contributed by atoms with Crippen LogP contribution in [0.25, 0.3) is 0 Å². The van der Waals surface area contributed by atoms with E-state index in [0.717, 1.165) is 0 Å². The molecule has 0 aliphatic rings.